The van der Waals surface area contributed by atoms with E-state index in [1.165, 1.54) is 18.2 Å². The van der Waals surface area contributed by atoms with Crippen LogP contribution in [0.5, 0.6) is 17.2 Å². The summed E-state index contributed by atoms with van der Waals surface area (Å²) in [7, 11) is 0. The third kappa shape index (κ3) is 3.22. The second-order valence-corrected chi connectivity index (χ2v) is 4.72. The molecule has 1 atom stereocenters. The Morgan fingerprint density at radius 3 is 2.38 bits per heavy atom. The van der Waals surface area contributed by atoms with E-state index in [0.29, 0.717) is 11.1 Å². The van der Waals surface area contributed by atoms with Gasteiger partial charge in [-0.1, -0.05) is 12.1 Å². The molecule has 0 saturated heterocycles. The number of halogens is 2. The fourth-order valence-electron chi connectivity index (χ4n) is 1.92. The van der Waals surface area contributed by atoms with Crippen molar-refractivity contribution in [3.05, 3.63) is 53.1 Å². The molecule has 112 valence electrons. The molecule has 0 aliphatic carbocycles. The van der Waals surface area contributed by atoms with Crippen LogP contribution in [0.2, 0.25) is 0 Å². The van der Waals surface area contributed by atoms with E-state index in [9.17, 15) is 24.1 Å². The van der Waals surface area contributed by atoms with Gasteiger partial charge in [0.1, 0.15) is 0 Å². The molecular formula is C15H15F2NO3. The molecule has 4 nitrogen and oxygen atoms in total. The van der Waals surface area contributed by atoms with Crippen LogP contribution in [0.1, 0.15) is 24.1 Å². The summed E-state index contributed by atoms with van der Waals surface area (Å²) in [5, 5.41) is 31.3. The Balaban J connectivity index is 2.09. The average Bonchev–Trinajstić information content (AvgIpc) is 2.46. The van der Waals surface area contributed by atoms with Crippen LogP contribution >= 0.6 is 0 Å². The minimum absolute atomic E-state index is 0.180. The largest absolute Gasteiger partial charge is 0.504 e. The van der Waals surface area contributed by atoms with Gasteiger partial charge < -0.3 is 20.6 Å². The normalized spacial score (nSPS) is 12.3. The Hall–Kier alpha value is -2.34. The Bertz CT molecular complexity index is 662. The zero-order chi connectivity index (χ0) is 15.6. The number of phenolic OH excluding ortho intramolecular Hbond substituents is 3. The standard InChI is InChI=1S/C15H15F2NO3/c1-8(9-2-4-11(16)12(17)6-9)18-7-10-3-5-13(19)15(21)14(10)20/h2-6,8,18-21H,7H2,1H3. The number of hydrogen-bond donors (Lipinski definition) is 4. The van der Waals surface area contributed by atoms with E-state index in [4.69, 9.17) is 0 Å². The SMILES string of the molecule is CC(NCc1ccc(O)c(O)c1O)c1ccc(F)c(F)c1. The maximum Gasteiger partial charge on any atom is 0.200 e. The first-order chi connectivity index (χ1) is 9.90. The van der Waals surface area contributed by atoms with Gasteiger partial charge in [-0.25, -0.2) is 8.78 Å². The fraction of sp³-hybridized carbons (Fsp3) is 0.200. The summed E-state index contributed by atoms with van der Waals surface area (Å²) in [4.78, 5) is 0. The first kappa shape index (κ1) is 15.1. The van der Waals surface area contributed by atoms with Crippen molar-refractivity contribution in [2.45, 2.75) is 19.5 Å². The Labute approximate surface area is 120 Å². The lowest BCUT2D eigenvalue weighted by Crippen LogP contribution is -2.18. The minimum atomic E-state index is -0.925. The highest BCUT2D eigenvalue weighted by atomic mass is 19.2. The summed E-state index contributed by atoms with van der Waals surface area (Å²) in [5.41, 5.74) is 0.927. The Kier molecular flexibility index (Phi) is 4.28. The number of aromatic hydroxyl groups is 3. The topological polar surface area (TPSA) is 72.7 Å². The quantitative estimate of drug-likeness (QED) is 0.654. The number of nitrogens with one attached hydrogen (secondary N) is 1. The van der Waals surface area contributed by atoms with Gasteiger partial charge in [0.15, 0.2) is 23.1 Å². The molecule has 2 aromatic carbocycles. The zero-order valence-electron chi connectivity index (χ0n) is 11.3. The third-order valence-electron chi connectivity index (χ3n) is 3.26. The molecule has 0 saturated carbocycles. The van der Waals surface area contributed by atoms with Crippen molar-refractivity contribution in [2.24, 2.45) is 0 Å². The molecule has 21 heavy (non-hydrogen) atoms. The molecule has 0 aromatic heterocycles. The van der Waals surface area contributed by atoms with Crippen LogP contribution < -0.4 is 5.32 Å². The molecular weight excluding hydrogens is 280 g/mol. The predicted octanol–water partition coefficient (Wildman–Crippen LogP) is 2.93. The molecule has 4 N–H and O–H groups in total. The highest BCUT2D eigenvalue weighted by Crippen LogP contribution is 2.37. The molecule has 6 heteroatoms. The van der Waals surface area contributed by atoms with Crippen molar-refractivity contribution in [1.82, 2.24) is 5.32 Å². The first-order valence-corrected chi connectivity index (χ1v) is 6.31. The van der Waals surface area contributed by atoms with Crippen LogP contribution in [0.25, 0.3) is 0 Å². The zero-order valence-corrected chi connectivity index (χ0v) is 11.3. The Morgan fingerprint density at radius 1 is 1.00 bits per heavy atom. The van der Waals surface area contributed by atoms with Crippen LogP contribution in [-0.2, 0) is 6.54 Å². The number of phenols is 3. The van der Waals surface area contributed by atoms with E-state index in [1.807, 2.05) is 0 Å². The summed E-state index contributed by atoms with van der Waals surface area (Å²) in [6, 6.07) is 6.03. The van der Waals surface area contributed by atoms with Crippen LogP contribution in [0.15, 0.2) is 30.3 Å². The fourth-order valence-corrected chi connectivity index (χ4v) is 1.92. The van der Waals surface area contributed by atoms with Gasteiger partial charge in [0.05, 0.1) is 0 Å². The second kappa shape index (κ2) is 5.97. The summed E-state index contributed by atoms with van der Waals surface area (Å²) >= 11 is 0. The molecule has 0 aliphatic heterocycles. The van der Waals surface area contributed by atoms with E-state index in [1.54, 1.807) is 6.92 Å². The molecule has 2 aromatic rings. The number of benzene rings is 2. The molecule has 0 bridgehead atoms. The molecule has 0 radical (unpaired) electrons. The van der Waals surface area contributed by atoms with Crippen molar-refractivity contribution in [1.29, 1.82) is 0 Å². The van der Waals surface area contributed by atoms with Gasteiger partial charge in [0.25, 0.3) is 0 Å². The average molecular weight is 295 g/mol. The maximum atomic E-state index is 13.2. The summed E-state index contributed by atoms with van der Waals surface area (Å²) in [6.45, 7) is 1.93. The van der Waals surface area contributed by atoms with Gasteiger partial charge in [0, 0.05) is 18.2 Å². The van der Waals surface area contributed by atoms with Crippen LogP contribution in [0.3, 0.4) is 0 Å². The Morgan fingerprint density at radius 2 is 1.71 bits per heavy atom. The summed E-state index contributed by atoms with van der Waals surface area (Å²) in [5.74, 6) is -3.25. The van der Waals surface area contributed by atoms with Gasteiger partial charge in [-0.3, -0.25) is 0 Å². The van der Waals surface area contributed by atoms with E-state index in [2.05, 4.69) is 5.32 Å². The number of hydrogen-bond acceptors (Lipinski definition) is 4. The number of rotatable bonds is 4. The predicted molar refractivity (Wildman–Crippen MR) is 73.0 cm³/mol. The van der Waals surface area contributed by atoms with Crippen molar-refractivity contribution >= 4 is 0 Å². The smallest absolute Gasteiger partial charge is 0.200 e. The first-order valence-electron chi connectivity index (χ1n) is 6.31. The van der Waals surface area contributed by atoms with Gasteiger partial charge >= 0.3 is 0 Å². The molecule has 0 spiro atoms. The van der Waals surface area contributed by atoms with Crippen LogP contribution in [0, 0.1) is 11.6 Å². The van der Waals surface area contributed by atoms with E-state index < -0.39 is 28.9 Å². The van der Waals surface area contributed by atoms with Crippen molar-refractivity contribution in [2.75, 3.05) is 0 Å². The lowest BCUT2D eigenvalue weighted by atomic mass is 10.1. The van der Waals surface area contributed by atoms with E-state index in [0.717, 1.165) is 12.1 Å². The van der Waals surface area contributed by atoms with Gasteiger partial charge in [-0.05, 0) is 30.7 Å². The molecule has 0 heterocycles. The lowest BCUT2D eigenvalue weighted by molar-refractivity contribution is 0.363. The highest BCUT2D eigenvalue weighted by Gasteiger charge is 2.13. The molecule has 1 unspecified atom stereocenters. The van der Waals surface area contributed by atoms with Crippen LogP contribution in [0.4, 0.5) is 8.78 Å². The molecule has 0 amide bonds. The molecule has 0 fully saturated rings. The van der Waals surface area contributed by atoms with Crippen molar-refractivity contribution in [3.8, 4) is 17.2 Å². The van der Waals surface area contributed by atoms with Crippen molar-refractivity contribution < 1.29 is 24.1 Å². The van der Waals surface area contributed by atoms with Gasteiger partial charge in [-0.2, -0.15) is 0 Å². The maximum absolute atomic E-state index is 13.2. The van der Waals surface area contributed by atoms with Crippen molar-refractivity contribution in [3.63, 3.8) is 0 Å². The van der Waals surface area contributed by atoms with E-state index >= 15 is 0 Å². The van der Waals surface area contributed by atoms with Gasteiger partial charge in [0.2, 0.25) is 5.75 Å². The second-order valence-electron chi connectivity index (χ2n) is 4.72. The summed E-state index contributed by atoms with van der Waals surface area (Å²) < 4.78 is 26.0. The monoisotopic (exact) mass is 295 g/mol. The summed E-state index contributed by atoms with van der Waals surface area (Å²) in [6.07, 6.45) is 0. The third-order valence-corrected chi connectivity index (χ3v) is 3.26. The minimum Gasteiger partial charge on any atom is -0.504 e. The molecule has 2 rings (SSSR count). The van der Waals surface area contributed by atoms with Crippen LogP contribution in [-0.4, -0.2) is 15.3 Å². The van der Waals surface area contributed by atoms with E-state index in [-0.39, 0.29) is 12.6 Å². The highest BCUT2D eigenvalue weighted by molar-refractivity contribution is 5.53. The van der Waals surface area contributed by atoms with Gasteiger partial charge in [-0.15, -0.1) is 0 Å². The molecule has 0 aliphatic rings. The lowest BCUT2D eigenvalue weighted by Gasteiger charge is -2.15.